The summed E-state index contributed by atoms with van der Waals surface area (Å²) in [5.41, 5.74) is 12.9. The van der Waals surface area contributed by atoms with Crippen molar-refractivity contribution in [2.24, 2.45) is 5.73 Å². The third kappa shape index (κ3) is 2.69. The molecule has 0 unspecified atom stereocenters. The molecule has 1 aliphatic rings. The number of nitrogens with one attached hydrogen (secondary N) is 1. The quantitative estimate of drug-likeness (QED) is 0.836. The summed E-state index contributed by atoms with van der Waals surface area (Å²) in [6.45, 7) is 8.84. The summed E-state index contributed by atoms with van der Waals surface area (Å²) < 4.78 is 0. The van der Waals surface area contributed by atoms with E-state index in [9.17, 15) is 0 Å². The van der Waals surface area contributed by atoms with E-state index in [1.54, 1.807) is 0 Å². The molecule has 3 N–H and O–H groups in total. The number of hydrogen-bond acceptors (Lipinski definition) is 2. The topological polar surface area (TPSA) is 38.0 Å². The average Bonchev–Trinajstić information content (AvgIpc) is 2.34. The van der Waals surface area contributed by atoms with Crippen LogP contribution in [0.2, 0.25) is 0 Å². The molecule has 0 aliphatic heterocycles. The van der Waals surface area contributed by atoms with Gasteiger partial charge in [-0.1, -0.05) is 6.07 Å². The van der Waals surface area contributed by atoms with Crippen LogP contribution in [-0.4, -0.2) is 12.1 Å². The third-order valence-corrected chi connectivity index (χ3v) is 4.49. The predicted octanol–water partition coefficient (Wildman–Crippen LogP) is 3.60. The van der Waals surface area contributed by atoms with Crippen molar-refractivity contribution in [2.75, 3.05) is 5.32 Å². The first kappa shape index (κ1) is 13.4. The van der Waals surface area contributed by atoms with E-state index < -0.39 is 0 Å². The molecular weight excluding hydrogens is 220 g/mol. The van der Waals surface area contributed by atoms with Gasteiger partial charge in [0.05, 0.1) is 0 Å². The number of hydrogen-bond donors (Lipinski definition) is 2. The molecule has 0 amide bonds. The number of nitrogens with two attached hydrogens (primary N) is 1. The molecule has 2 nitrogen and oxygen atoms in total. The molecule has 0 heterocycles. The molecule has 2 heteroatoms. The van der Waals surface area contributed by atoms with E-state index in [0.29, 0.717) is 12.1 Å². The van der Waals surface area contributed by atoms with Crippen LogP contribution in [0.15, 0.2) is 6.07 Å². The number of anilines is 1. The Kier molecular flexibility index (Phi) is 3.96. The fraction of sp³-hybridized carbons (Fsp3) is 0.625. The Morgan fingerprint density at radius 3 is 1.94 bits per heavy atom. The highest BCUT2D eigenvalue weighted by molar-refractivity contribution is 5.62. The van der Waals surface area contributed by atoms with Crippen LogP contribution in [0.1, 0.15) is 47.9 Å². The van der Waals surface area contributed by atoms with Gasteiger partial charge in [0.1, 0.15) is 0 Å². The van der Waals surface area contributed by atoms with E-state index in [4.69, 9.17) is 5.73 Å². The first-order valence-corrected chi connectivity index (χ1v) is 7.08. The van der Waals surface area contributed by atoms with E-state index in [1.165, 1.54) is 40.8 Å². The van der Waals surface area contributed by atoms with Crippen molar-refractivity contribution >= 4 is 5.69 Å². The minimum Gasteiger partial charge on any atom is -0.382 e. The zero-order valence-electron chi connectivity index (χ0n) is 12.1. The summed E-state index contributed by atoms with van der Waals surface area (Å²) in [7, 11) is 0. The van der Waals surface area contributed by atoms with Gasteiger partial charge in [0.25, 0.3) is 0 Å². The molecule has 0 radical (unpaired) electrons. The molecular formula is C16H26N2. The highest BCUT2D eigenvalue weighted by atomic mass is 14.9. The minimum atomic E-state index is 0.421. The Morgan fingerprint density at radius 1 is 0.944 bits per heavy atom. The van der Waals surface area contributed by atoms with Crippen LogP contribution < -0.4 is 11.1 Å². The number of aryl methyl sites for hydroxylation is 2. The fourth-order valence-electron chi connectivity index (χ4n) is 2.90. The molecule has 1 aliphatic carbocycles. The van der Waals surface area contributed by atoms with Crippen molar-refractivity contribution in [1.82, 2.24) is 0 Å². The van der Waals surface area contributed by atoms with Crippen LogP contribution in [-0.2, 0) is 0 Å². The lowest BCUT2D eigenvalue weighted by Crippen LogP contribution is -2.33. The first-order valence-electron chi connectivity index (χ1n) is 7.08. The van der Waals surface area contributed by atoms with E-state index in [-0.39, 0.29) is 0 Å². The minimum absolute atomic E-state index is 0.421. The maximum atomic E-state index is 5.97. The molecule has 100 valence electrons. The lowest BCUT2D eigenvalue weighted by atomic mass is 9.90. The van der Waals surface area contributed by atoms with E-state index >= 15 is 0 Å². The number of rotatable bonds is 2. The summed E-state index contributed by atoms with van der Waals surface area (Å²) in [5.74, 6) is 0. The Morgan fingerprint density at radius 2 is 1.44 bits per heavy atom. The largest absolute Gasteiger partial charge is 0.382 e. The molecule has 1 aromatic rings. The summed E-state index contributed by atoms with van der Waals surface area (Å²) in [6, 6.07) is 3.31. The van der Waals surface area contributed by atoms with Gasteiger partial charge in [-0.25, -0.2) is 0 Å². The molecule has 1 fully saturated rings. The van der Waals surface area contributed by atoms with Crippen molar-refractivity contribution in [1.29, 1.82) is 0 Å². The Hall–Kier alpha value is -1.02. The van der Waals surface area contributed by atoms with E-state index in [0.717, 1.165) is 12.8 Å². The molecule has 0 bridgehead atoms. The Balaban J connectivity index is 2.18. The van der Waals surface area contributed by atoms with Crippen LogP contribution in [0.3, 0.4) is 0 Å². The lowest BCUT2D eigenvalue weighted by Gasteiger charge is -2.29. The molecule has 0 atom stereocenters. The van der Waals surface area contributed by atoms with Gasteiger partial charge in [0.15, 0.2) is 0 Å². The van der Waals surface area contributed by atoms with E-state index in [2.05, 4.69) is 39.1 Å². The normalized spacial score (nSPS) is 24.1. The van der Waals surface area contributed by atoms with Crippen molar-refractivity contribution in [3.8, 4) is 0 Å². The maximum Gasteiger partial charge on any atom is 0.0407 e. The molecule has 2 rings (SSSR count). The predicted molar refractivity (Wildman–Crippen MR) is 79.2 cm³/mol. The maximum absolute atomic E-state index is 5.97. The molecule has 0 aromatic heterocycles. The third-order valence-electron chi connectivity index (χ3n) is 4.49. The van der Waals surface area contributed by atoms with Crippen LogP contribution in [0, 0.1) is 27.7 Å². The van der Waals surface area contributed by atoms with Crippen molar-refractivity contribution < 1.29 is 0 Å². The smallest absolute Gasteiger partial charge is 0.0407 e. The van der Waals surface area contributed by atoms with Gasteiger partial charge in [-0.2, -0.15) is 0 Å². The van der Waals surface area contributed by atoms with Crippen LogP contribution in [0.5, 0.6) is 0 Å². The lowest BCUT2D eigenvalue weighted by molar-refractivity contribution is 0.411. The van der Waals surface area contributed by atoms with Gasteiger partial charge >= 0.3 is 0 Å². The summed E-state index contributed by atoms with van der Waals surface area (Å²) in [4.78, 5) is 0. The van der Waals surface area contributed by atoms with Gasteiger partial charge in [0.2, 0.25) is 0 Å². The van der Waals surface area contributed by atoms with Crippen molar-refractivity contribution in [2.45, 2.75) is 65.5 Å². The zero-order valence-corrected chi connectivity index (χ0v) is 12.1. The fourth-order valence-corrected chi connectivity index (χ4v) is 2.90. The molecule has 0 spiro atoms. The van der Waals surface area contributed by atoms with Gasteiger partial charge < -0.3 is 11.1 Å². The molecule has 1 saturated carbocycles. The summed E-state index contributed by atoms with van der Waals surface area (Å²) >= 11 is 0. The average molecular weight is 246 g/mol. The first-order chi connectivity index (χ1) is 8.49. The standard InChI is InChI=1S/C16H26N2/c1-10-9-11(2)13(4)16(12(10)3)18-15-7-5-14(17)6-8-15/h9,14-15,18H,5-8,17H2,1-4H3. The van der Waals surface area contributed by atoms with Gasteiger partial charge in [0, 0.05) is 17.8 Å². The van der Waals surface area contributed by atoms with Crippen LogP contribution in [0.25, 0.3) is 0 Å². The summed E-state index contributed by atoms with van der Waals surface area (Å²) in [6.07, 6.45) is 4.71. The molecule has 18 heavy (non-hydrogen) atoms. The van der Waals surface area contributed by atoms with E-state index in [1.807, 2.05) is 0 Å². The van der Waals surface area contributed by atoms with Gasteiger partial charge in [-0.3, -0.25) is 0 Å². The SMILES string of the molecule is Cc1cc(C)c(C)c(NC2CCC(N)CC2)c1C. The van der Waals surface area contributed by atoms with Crippen molar-refractivity contribution in [3.05, 3.63) is 28.3 Å². The Bertz CT molecular complexity index is 403. The summed E-state index contributed by atoms with van der Waals surface area (Å²) in [5, 5.41) is 3.76. The van der Waals surface area contributed by atoms with Crippen LogP contribution in [0.4, 0.5) is 5.69 Å². The number of benzene rings is 1. The Labute approximate surface area is 111 Å². The second-order valence-electron chi connectivity index (χ2n) is 5.89. The molecule has 1 aromatic carbocycles. The highest BCUT2D eigenvalue weighted by Gasteiger charge is 2.20. The second kappa shape index (κ2) is 5.31. The van der Waals surface area contributed by atoms with Crippen LogP contribution >= 0.6 is 0 Å². The zero-order chi connectivity index (χ0) is 13.3. The van der Waals surface area contributed by atoms with Gasteiger partial charge in [-0.05, 0) is 75.6 Å². The molecule has 0 saturated heterocycles. The monoisotopic (exact) mass is 246 g/mol. The van der Waals surface area contributed by atoms with Crippen molar-refractivity contribution in [3.63, 3.8) is 0 Å². The second-order valence-corrected chi connectivity index (χ2v) is 5.89. The highest BCUT2D eigenvalue weighted by Crippen LogP contribution is 2.29. The van der Waals surface area contributed by atoms with Gasteiger partial charge in [-0.15, -0.1) is 0 Å².